The van der Waals surface area contributed by atoms with Gasteiger partial charge in [0.2, 0.25) is 0 Å². The Hall–Kier alpha value is -1.21. The van der Waals surface area contributed by atoms with Gasteiger partial charge in [-0.2, -0.15) is 11.8 Å². The first-order chi connectivity index (χ1) is 10.9. The molecule has 23 heavy (non-hydrogen) atoms. The zero-order valence-corrected chi connectivity index (χ0v) is 15.6. The summed E-state index contributed by atoms with van der Waals surface area (Å²) in [5.74, 6) is 2.04. The van der Waals surface area contributed by atoms with Crippen molar-refractivity contribution in [2.24, 2.45) is 4.99 Å². The van der Waals surface area contributed by atoms with Crippen LogP contribution in [0.5, 0.6) is 0 Å². The van der Waals surface area contributed by atoms with E-state index in [-0.39, 0.29) is 0 Å². The van der Waals surface area contributed by atoms with Gasteiger partial charge in [0.05, 0.1) is 4.90 Å². The Morgan fingerprint density at radius 3 is 2.65 bits per heavy atom. The van der Waals surface area contributed by atoms with Crippen LogP contribution in [-0.4, -0.2) is 56.7 Å². The molecule has 1 heterocycles. The number of rotatable bonds is 4. The number of hydrogen-bond acceptors (Lipinski definition) is 4. The fourth-order valence-corrected chi connectivity index (χ4v) is 4.34. The second kappa shape index (κ2) is 8.06. The summed E-state index contributed by atoms with van der Waals surface area (Å²) in [6, 6.07) is 6.99. The number of hydrogen-bond donors (Lipinski definition) is 1. The minimum absolute atomic E-state index is 0.351. The van der Waals surface area contributed by atoms with E-state index in [1.807, 2.05) is 23.9 Å². The van der Waals surface area contributed by atoms with Gasteiger partial charge in [0, 0.05) is 43.9 Å². The molecule has 0 aliphatic carbocycles. The molecule has 7 heteroatoms. The van der Waals surface area contributed by atoms with Crippen LogP contribution < -0.4 is 5.32 Å². The van der Waals surface area contributed by atoms with Crippen molar-refractivity contribution in [3.63, 3.8) is 0 Å². The van der Waals surface area contributed by atoms with Crippen molar-refractivity contribution in [3.05, 3.63) is 29.8 Å². The molecule has 0 spiro atoms. The Kier molecular flexibility index (Phi) is 6.35. The highest BCUT2D eigenvalue weighted by atomic mass is 32.2. The molecule has 1 aliphatic rings. The number of thioether (sulfide) groups is 1. The molecule has 0 bridgehead atoms. The molecular formula is C16H25N3O2S2. The summed E-state index contributed by atoms with van der Waals surface area (Å²) in [7, 11) is -1.33. The molecular weight excluding hydrogens is 330 g/mol. The lowest BCUT2D eigenvalue weighted by Gasteiger charge is -2.34. The van der Waals surface area contributed by atoms with Crippen molar-refractivity contribution in [2.75, 3.05) is 32.1 Å². The largest absolute Gasteiger partial charge is 0.352 e. The molecule has 1 aromatic carbocycles. The van der Waals surface area contributed by atoms with Gasteiger partial charge < -0.3 is 10.2 Å². The van der Waals surface area contributed by atoms with E-state index in [4.69, 9.17) is 0 Å². The molecule has 0 amide bonds. The maximum absolute atomic E-state index is 11.5. The van der Waals surface area contributed by atoms with Crippen LogP contribution in [0.15, 0.2) is 34.2 Å². The molecule has 5 nitrogen and oxygen atoms in total. The summed E-state index contributed by atoms with van der Waals surface area (Å²) in [4.78, 5) is 7.03. The average molecular weight is 356 g/mol. The van der Waals surface area contributed by atoms with Crippen LogP contribution in [0.3, 0.4) is 0 Å². The second-order valence-electron chi connectivity index (χ2n) is 5.66. The van der Waals surface area contributed by atoms with Gasteiger partial charge in [0.25, 0.3) is 0 Å². The fraction of sp³-hybridized carbons (Fsp3) is 0.562. The fourth-order valence-electron chi connectivity index (χ4n) is 2.53. The van der Waals surface area contributed by atoms with E-state index in [0.29, 0.717) is 16.7 Å². The number of nitrogens with one attached hydrogen (secondary N) is 1. The normalized spacial score (nSPS) is 19.7. The van der Waals surface area contributed by atoms with Crippen LogP contribution in [0.2, 0.25) is 0 Å². The quantitative estimate of drug-likeness (QED) is 0.661. The standard InChI is InChI=1S/C16H25N3O2S2/c1-4-14-12-19(9-10-22-14)16(17-2)18-11-13-5-7-15(8-6-13)23(3,20)21/h5-8,14H,4,9-12H2,1-3H3,(H,17,18). The number of sulfone groups is 1. The minimum atomic E-state index is -3.14. The van der Waals surface area contributed by atoms with Crippen LogP contribution in [0.1, 0.15) is 18.9 Å². The zero-order valence-electron chi connectivity index (χ0n) is 13.9. The highest BCUT2D eigenvalue weighted by molar-refractivity contribution is 8.00. The van der Waals surface area contributed by atoms with Gasteiger partial charge in [0.15, 0.2) is 15.8 Å². The highest BCUT2D eigenvalue weighted by Gasteiger charge is 2.21. The molecule has 1 aromatic rings. The van der Waals surface area contributed by atoms with Gasteiger partial charge in [0.1, 0.15) is 0 Å². The molecule has 0 radical (unpaired) electrons. The Morgan fingerprint density at radius 1 is 1.39 bits per heavy atom. The summed E-state index contributed by atoms with van der Waals surface area (Å²) in [6.07, 6.45) is 2.39. The molecule has 1 unspecified atom stereocenters. The minimum Gasteiger partial charge on any atom is -0.352 e. The van der Waals surface area contributed by atoms with Crippen molar-refractivity contribution in [2.45, 2.75) is 30.0 Å². The molecule has 1 aliphatic heterocycles. The average Bonchev–Trinajstić information content (AvgIpc) is 2.55. The smallest absolute Gasteiger partial charge is 0.193 e. The third kappa shape index (κ3) is 5.14. The van der Waals surface area contributed by atoms with Gasteiger partial charge in [-0.15, -0.1) is 0 Å². The third-order valence-corrected chi connectivity index (χ3v) is 6.41. The van der Waals surface area contributed by atoms with E-state index in [0.717, 1.165) is 30.4 Å². The summed E-state index contributed by atoms with van der Waals surface area (Å²) < 4.78 is 23.0. The van der Waals surface area contributed by atoms with E-state index >= 15 is 0 Å². The van der Waals surface area contributed by atoms with Crippen molar-refractivity contribution < 1.29 is 8.42 Å². The Balaban J connectivity index is 1.95. The van der Waals surface area contributed by atoms with E-state index in [1.54, 1.807) is 19.2 Å². The summed E-state index contributed by atoms with van der Waals surface area (Å²) in [6.45, 7) is 4.89. The van der Waals surface area contributed by atoms with Gasteiger partial charge in [-0.25, -0.2) is 8.42 Å². The predicted octanol–water partition coefficient (Wildman–Crippen LogP) is 1.99. The van der Waals surface area contributed by atoms with Gasteiger partial charge >= 0.3 is 0 Å². The van der Waals surface area contributed by atoms with E-state index in [9.17, 15) is 8.42 Å². The van der Waals surface area contributed by atoms with Crippen LogP contribution in [0.25, 0.3) is 0 Å². The molecule has 0 aromatic heterocycles. The Morgan fingerprint density at radius 2 is 2.09 bits per heavy atom. The van der Waals surface area contributed by atoms with E-state index in [2.05, 4.69) is 22.1 Å². The van der Waals surface area contributed by atoms with Gasteiger partial charge in [-0.05, 0) is 24.1 Å². The van der Waals surface area contributed by atoms with Gasteiger partial charge in [-0.1, -0.05) is 19.1 Å². The molecule has 1 N–H and O–H groups in total. The maximum Gasteiger partial charge on any atom is 0.193 e. The zero-order chi connectivity index (χ0) is 16.9. The van der Waals surface area contributed by atoms with Crippen molar-refractivity contribution in [1.82, 2.24) is 10.2 Å². The summed E-state index contributed by atoms with van der Waals surface area (Å²) in [5, 5.41) is 4.04. The summed E-state index contributed by atoms with van der Waals surface area (Å²) in [5.41, 5.74) is 1.04. The first kappa shape index (κ1) is 18.1. The number of guanidine groups is 1. The lowest BCUT2D eigenvalue weighted by molar-refractivity contribution is 0.408. The predicted molar refractivity (Wildman–Crippen MR) is 97.9 cm³/mol. The van der Waals surface area contributed by atoms with Crippen LogP contribution in [0.4, 0.5) is 0 Å². The van der Waals surface area contributed by atoms with Crippen LogP contribution in [-0.2, 0) is 16.4 Å². The molecule has 1 fully saturated rings. The first-order valence-corrected chi connectivity index (χ1v) is 10.7. The topological polar surface area (TPSA) is 61.8 Å². The SMILES string of the molecule is CCC1CN(C(=NC)NCc2ccc(S(C)(=O)=O)cc2)CCS1. The number of aliphatic imine (C=N–C) groups is 1. The van der Waals surface area contributed by atoms with Crippen LogP contribution in [0, 0.1) is 0 Å². The molecule has 128 valence electrons. The number of nitrogens with zero attached hydrogens (tertiary/aromatic N) is 2. The lowest BCUT2D eigenvalue weighted by atomic mass is 10.2. The van der Waals surface area contributed by atoms with Crippen molar-refractivity contribution in [1.29, 1.82) is 0 Å². The van der Waals surface area contributed by atoms with Gasteiger partial charge in [-0.3, -0.25) is 4.99 Å². The number of benzene rings is 1. The van der Waals surface area contributed by atoms with E-state index in [1.165, 1.54) is 12.7 Å². The monoisotopic (exact) mass is 355 g/mol. The Bertz CT molecular complexity index is 642. The maximum atomic E-state index is 11.5. The second-order valence-corrected chi connectivity index (χ2v) is 9.09. The Labute approximate surface area is 143 Å². The highest BCUT2D eigenvalue weighted by Crippen LogP contribution is 2.21. The lowest BCUT2D eigenvalue weighted by Crippen LogP contribution is -2.47. The van der Waals surface area contributed by atoms with Crippen molar-refractivity contribution >= 4 is 27.6 Å². The molecule has 1 saturated heterocycles. The van der Waals surface area contributed by atoms with Crippen LogP contribution >= 0.6 is 11.8 Å². The third-order valence-electron chi connectivity index (χ3n) is 3.91. The molecule has 1 atom stereocenters. The molecule has 2 rings (SSSR count). The van der Waals surface area contributed by atoms with Crippen molar-refractivity contribution in [3.8, 4) is 0 Å². The summed E-state index contributed by atoms with van der Waals surface area (Å²) >= 11 is 2.03. The first-order valence-electron chi connectivity index (χ1n) is 7.80. The van der Waals surface area contributed by atoms with E-state index < -0.39 is 9.84 Å². The molecule has 0 saturated carbocycles.